The summed E-state index contributed by atoms with van der Waals surface area (Å²) in [6.45, 7) is 11.8. The van der Waals surface area contributed by atoms with Gasteiger partial charge in [0.2, 0.25) is 0 Å². The SMILES string of the molecule is CCCCCCCCCCCC[Si](C)(C)c1cccc(-c2cc(C)ccc2C)c1. The molecule has 0 unspecified atom stereocenters. The largest absolute Gasteiger partial charge is 0.0806 e. The molecular weight excluding hydrogens is 364 g/mol. The third-order valence-corrected chi connectivity index (χ3v) is 9.98. The van der Waals surface area contributed by atoms with Crippen LogP contribution in [0.3, 0.4) is 0 Å². The first-order chi connectivity index (χ1) is 13.9. The molecule has 0 aliphatic heterocycles. The van der Waals surface area contributed by atoms with Crippen LogP contribution in [0.5, 0.6) is 0 Å². The zero-order chi connectivity index (χ0) is 21.1. The lowest BCUT2D eigenvalue weighted by atomic mass is 9.99. The van der Waals surface area contributed by atoms with Gasteiger partial charge in [0.05, 0.1) is 8.07 Å². The maximum absolute atomic E-state index is 2.56. The molecule has 0 fully saturated rings. The molecule has 0 spiro atoms. The summed E-state index contributed by atoms with van der Waals surface area (Å²) >= 11 is 0. The molecule has 0 saturated heterocycles. The van der Waals surface area contributed by atoms with Crippen molar-refractivity contribution in [2.24, 2.45) is 0 Å². The summed E-state index contributed by atoms with van der Waals surface area (Å²) in [4.78, 5) is 0. The van der Waals surface area contributed by atoms with Crippen molar-refractivity contribution in [1.29, 1.82) is 0 Å². The van der Waals surface area contributed by atoms with E-state index in [9.17, 15) is 0 Å². The van der Waals surface area contributed by atoms with E-state index < -0.39 is 8.07 Å². The lowest BCUT2D eigenvalue weighted by Crippen LogP contribution is -2.41. The van der Waals surface area contributed by atoms with Gasteiger partial charge in [0.1, 0.15) is 0 Å². The summed E-state index contributed by atoms with van der Waals surface area (Å²) < 4.78 is 0. The molecule has 0 aliphatic carbocycles. The molecular formula is C28H44Si. The van der Waals surface area contributed by atoms with Crippen molar-refractivity contribution >= 4 is 13.3 Å². The van der Waals surface area contributed by atoms with E-state index in [2.05, 4.69) is 76.3 Å². The lowest BCUT2D eigenvalue weighted by Gasteiger charge is -2.24. The van der Waals surface area contributed by atoms with Gasteiger partial charge in [-0.2, -0.15) is 0 Å². The van der Waals surface area contributed by atoms with Crippen LogP contribution in [0.15, 0.2) is 42.5 Å². The van der Waals surface area contributed by atoms with Gasteiger partial charge in [0.25, 0.3) is 0 Å². The molecule has 0 N–H and O–H groups in total. The second kappa shape index (κ2) is 12.4. The van der Waals surface area contributed by atoms with Gasteiger partial charge in [-0.05, 0) is 30.5 Å². The standard InChI is InChI=1S/C28H44Si/c1-6-7-8-9-10-11-12-13-14-15-21-29(4,5)27-18-16-17-26(23-27)28-22-24(2)19-20-25(28)3/h16-20,22-23H,6-15,21H2,1-5H3. The van der Waals surface area contributed by atoms with Gasteiger partial charge in [0, 0.05) is 0 Å². The van der Waals surface area contributed by atoms with Crippen LogP contribution < -0.4 is 5.19 Å². The Bertz CT molecular complexity index is 729. The molecule has 0 aromatic heterocycles. The van der Waals surface area contributed by atoms with Crippen LogP contribution in [-0.2, 0) is 0 Å². The summed E-state index contributed by atoms with van der Waals surface area (Å²) in [6.07, 6.45) is 14.3. The Morgan fingerprint density at radius 1 is 0.690 bits per heavy atom. The highest BCUT2D eigenvalue weighted by atomic mass is 28.3. The summed E-state index contributed by atoms with van der Waals surface area (Å²) in [5, 5.41) is 1.62. The number of unbranched alkanes of at least 4 members (excludes halogenated alkanes) is 9. The molecule has 0 radical (unpaired) electrons. The molecule has 0 saturated carbocycles. The molecule has 1 heteroatoms. The first kappa shape index (κ1) is 23.9. The van der Waals surface area contributed by atoms with Gasteiger partial charge in [-0.1, -0.05) is 143 Å². The number of aryl methyl sites for hydroxylation is 2. The Kier molecular flexibility index (Phi) is 10.2. The van der Waals surface area contributed by atoms with Crippen molar-refractivity contribution in [1.82, 2.24) is 0 Å². The van der Waals surface area contributed by atoms with E-state index in [1.165, 1.54) is 92.5 Å². The average Bonchev–Trinajstić information content (AvgIpc) is 2.71. The van der Waals surface area contributed by atoms with Crippen LogP contribution in [0, 0.1) is 13.8 Å². The molecule has 160 valence electrons. The van der Waals surface area contributed by atoms with Crippen molar-refractivity contribution in [2.75, 3.05) is 0 Å². The number of hydrogen-bond donors (Lipinski definition) is 0. The van der Waals surface area contributed by atoms with E-state index in [0.717, 1.165) is 0 Å². The van der Waals surface area contributed by atoms with Crippen LogP contribution in [-0.4, -0.2) is 8.07 Å². The second-order valence-corrected chi connectivity index (χ2v) is 14.6. The Hall–Kier alpha value is -1.34. The predicted octanol–water partition coefficient (Wildman–Crippen LogP) is 8.81. The topological polar surface area (TPSA) is 0 Å². The summed E-state index contributed by atoms with van der Waals surface area (Å²) in [5.41, 5.74) is 5.52. The molecule has 0 nitrogen and oxygen atoms in total. The normalized spacial score (nSPS) is 11.8. The van der Waals surface area contributed by atoms with Crippen LogP contribution in [0.1, 0.15) is 82.3 Å². The summed E-state index contributed by atoms with van der Waals surface area (Å²) in [5.74, 6) is 0. The van der Waals surface area contributed by atoms with Crippen LogP contribution in [0.25, 0.3) is 11.1 Å². The molecule has 2 aromatic rings. The number of benzene rings is 2. The van der Waals surface area contributed by atoms with Gasteiger partial charge < -0.3 is 0 Å². The minimum Gasteiger partial charge on any atom is -0.0654 e. The average molecular weight is 409 g/mol. The van der Waals surface area contributed by atoms with E-state index in [-0.39, 0.29) is 0 Å². The van der Waals surface area contributed by atoms with Gasteiger partial charge in [-0.3, -0.25) is 0 Å². The van der Waals surface area contributed by atoms with Crippen LogP contribution in [0.2, 0.25) is 19.1 Å². The predicted molar refractivity (Wildman–Crippen MR) is 135 cm³/mol. The van der Waals surface area contributed by atoms with Crippen molar-refractivity contribution in [3.63, 3.8) is 0 Å². The maximum atomic E-state index is 2.56. The fourth-order valence-electron chi connectivity index (χ4n) is 4.35. The quantitative estimate of drug-likeness (QED) is 0.229. The van der Waals surface area contributed by atoms with Crippen molar-refractivity contribution in [2.45, 2.75) is 104 Å². The second-order valence-electron chi connectivity index (χ2n) is 9.72. The summed E-state index contributed by atoms with van der Waals surface area (Å²) in [7, 11) is -1.37. The monoisotopic (exact) mass is 408 g/mol. The Labute approximate surface area is 182 Å². The highest BCUT2D eigenvalue weighted by Gasteiger charge is 2.23. The first-order valence-corrected chi connectivity index (χ1v) is 15.3. The Morgan fingerprint density at radius 2 is 1.31 bits per heavy atom. The zero-order valence-corrected chi connectivity index (χ0v) is 20.8. The number of hydrogen-bond acceptors (Lipinski definition) is 0. The summed E-state index contributed by atoms with van der Waals surface area (Å²) in [6, 6.07) is 17.7. The Morgan fingerprint density at radius 3 is 1.97 bits per heavy atom. The fraction of sp³-hybridized carbons (Fsp3) is 0.571. The van der Waals surface area contributed by atoms with Crippen LogP contribution in [0.4, 0.5) is 0 Å². The molecule has 2 aromatic carbocycles. The highest BCUT2D eigenvalue weighted by molar-refractivity contribution is 6.89. The minimum atomic E-state index is -1.37. The molecule has 0 bridgehead atoms. The minimum absolute atomic E-state index is 1.35. The van der Waals surface area contributed by atoms with Gasteiger partial charge in [0.15, 0.2) is 0 Å². The van der Waals surface area contributed by atoms with Crippen molar-refractivity contribution in [3.8, 4) is 11.1 Å². The molecule has 29 heavy (non-hydrogen) atoms. The van der Waals surface area contributed by atoms with E-state index in [1.807, 2.05) is 0 Å². The molecule has 2 rings (SSSR count). The Balaban J connectivity index is 1.81. The van der Waals surface area contributed by atoms with Gasteiger partial charge in [-0.25, -0.2) is 0 Å². The van der Waals surface area contributed by atoms with Crippen LogP contribution >= 0.6 is 0 Å². The first-order valence-electron chi connectivity index (χ1n) is 12.1. The third kappa shape index (κ3) is 8.13. The van der Waals surface area contributed by atoms with E-state index in [4.69, 9.17) is 0 Å². The zero-order valence-electron chi connectivity index (χ0n) is 19.8. The van der Waals surface area contributed by atoms with Gasteiger partial charge >= 0.3 is 0 Å². The molecule has 0 aliphatic rings. The lowest BCUT2D eigenvalue weighted by molar-refractivity contribution is 0.561. The maximum Gasteiger partial charge on any atom is 0.0806 e. The van der Waals surface area contributed by atoms with E-state index in [1.54, 1.807) is 5.19 Å². The molecule has 0 amide bonds. The third-order valence-electron chi connectivity index (χ3n) is 6.50. The van der Waals surface area contributed by atoms with E-state index in [0.29, 0.717) is 0 Å². The smallest absolute Gasteiger partial charge is 0.0654 e. The van der Waals surface area contributed by atoms with E-state index >= 15 is 0 Å². The molecule has 0 heterocycles. The van der Waals surface area contributed by atoms with Crippen molar-refractivity contribution in [3.05, 3.63) is 53.6 Å². The fourth-order valence-corrected chi connectivity index (χ4v) is 6.87. The van der Waals surface area contributed by atoms with Crippen molar-refractivity contribution < 1.29 is 0 Å². The molecule has 0 atom stereocenters. The number of rotatable bonds is 13. The highest BCUT2D eigenvalue weighted by Crippen LogP contribution is 2.25. The van der Waals surface area contributed by atoms with Gasteiger partial charge in [-0.15, -0.1) is 0 Å².